The molecule has 0 aliphatic carbocycles. The van der Waals surface area contributed by atoms with Gasteiger partial charge in [0.05, 0.1) is 5.60 Å². The van der Waals surface area contributed by atoms with Crippen molar-refractivity contribution in [3.05, 3.63) is 52.5 Å². The molecule has 9 heteroatoms. The molecule has 1 aromatic carbocycles. The Morgan fingerprint density at radius 2 is 2.00 bits per heavy atom. The molecule has 0 aliphatic rings. The van der Waals surface area contributed by atoms with Gasteiger partial charge in [-0.3, -0.25) is 9.36 Å². The topological polar surface area (TPSA) is 89.3 Å². The summed E-state index contributed by atoms with van der Waals surface area (Å²) in [7, 11) is 1.51. The summed E-state index contributed by atoms with van der Waals surface area (Å²) in [5.41, 5.74) is -1.02. The Morgan fingerprint density at radius 1 is 1.28 bits per heavy atom. The van der Waals surface area contributed by atoms with E-state index in [2.05, 4.69) is 15.3 Å². The Balaban J connectivity index is 1.92. The predicted molar refractivity (Wildman–Crippen MR) is 105 cm³/mol. The number of ether oxygens (including phenoxy) is 1. The van der Waals surface area contributed by atoms with Crippen molar-refractivity contribution in [3.8, 4) is 11.5 Å². The predicted octanol–water partition coefficient (Wildman–Crippen LogP) is 3.36. The third kappa shape index (κ3) is 4.86. The first-order valence-electron chi connectivity index (χ1n) is 9.02. The van der Waals surface area contributed by atoms with Gasteiger partial charge in [-0.1, -0.05) is 0 Å². The fourth-order valence-electron chi connectivity index (χ4n) is 3.06. The number of fused-ring (bicyclic) bond motifs is 1. The Bertz CT molecular complexity index is 1110. The van der Waals surface area contributed by atoms with Crippen LogP contribution < -0.4 is 15.6 Å². The summed E-state index contributed by atoms with van der Waals surface area (Å²) in [4.78, 5) is 21.2. The van der Waals surface area contributed by atoms with Gasteiger partial charge in [0.15, 0.2) is 17.3 Å². The van der Waals surface area contributed by atoms with Crippen LogP contribution in [0.4, 0.5) is 14.7 Å². The maximum absolute atomic E-state index is 13.8. The molecule has 0 bridgehead atoms. The smallest absolute Gasteiger partial charge is 0.294 e. The molecule has 0 aliphatic heterocycles. The molecule has 1 unspecified atom stereocenters. The maximum atomic E-state index is 13.8. The Kier molecular flexibility index (Phi) is 5.52. The van der Waals surface area contributed by atoms with Crippen LogP contribution in [0.2, 0.25) is 0 Å². The molecule has 2 heterocycles. The van der Waals surface area contributed by atoms with E-state index in [1.807, 2.05) is 6.92 Å². The summed E-state index contributed by atoms with van der Waals surface area (Å²) in [5, 5.41) is 13.5. The van der Waals surface area contributed by atoms with Crippen LogP contribution in [0.5, 0.6) is 11.5 Å². The van der Waals surface area contributed by atoms with Crippen molar-refractivity contribution in [2.45, 2.75) is 38.8 Å². The summed E-state index contributed by atoms with van der Waals surface area (Å²) in [6.45, 7) is 5.31. The molecule has 1 atom stereocenters. The number of hydrogen-bond acceptors (Lipinski definition) is 6. The van der Waals surface area contributed by atoms with Crippen molar-refractivity contribution in [1.29, 1.82) is 0 Å². The number of benzene rings is 1. The normalized spacial score (nSPS) is 12.8. The minimum Gasteiger partial charge on any atom is -0.448 e. The molecule has 0 saturated carbocycles. The van der Waals surface area contributed by atoms with Gasteiger partial charge in [0.1, 0.15) is 11.5 Å². The van der Waals surface area contributed by atoms with Gasteiger partial charge in [-0.05, 0) is 45.4 Å². The fourth-order valence-corrected chi connectivity index (χ4v) is 3.06. The molecule has 0 saturated heterocycles. The van der Waals surface area contributed by atoms with E-state index in [1.54, 1.807) is 13.8 Å². The highest BCUT2D eigenvalue weighted by Crippen LogP contribution is 2.25. The average molecular weight is 404 g/mol. The minimum absolute atomic E-state index is 0.103. The lowest BCUT2D eigenvalue weighted by molar-refractivity contribution is 0.0672. The van der Waals surface area contributed by atoms with Gasteiger partial charge in [-0.15, -0.1) is 0 Å². The van der Waals surface area contributed by atoms with Crippen molar-refractivity contribution in [2.24, 2.45) is 7.05 Å². The third-order valence-electron chi connectivity index (χ3n) is 4.21. The number of anilines is 1. The van der Waals surface area contributed by atoms with Crippen molar-refractivity contribution >= 4 is 17.0 Å². The van der Waals surface area contributed by atoms with Crippen LogP contribution in [0.3, 0.4) is 0 Å². The highest BCUT2D eigenvalue weighted by molar-refractivity contribution is 5.76. The van der Waals surface area contributed by atoms with Crippen molar-refractivity contribution in [1.82, 2.24) is 14.5 Å². The molecule has 29 heavy (non-hydrogen) atoms. The lowest BCUT2D eigenvalue weighted by Crippen LogP contribution is -2.29. The summed E-state index contributed by atoms with van der Waals surface area (Å²) >= 11 is 0. The average Bonchev–Trinajstić information content (AvgIpc) is 2.60. The largest absolute Gasteiger partial charge is 0.448 e. The van der Waals surface area contributed by atoms with Crippen LogP contribution >= 0.6 is 0 Å². The van der Waals surface area contributed by atoms with E-state index in [-0.39, 0.29) is 17.5 Å². The molecule has 154 valence electrons. The number of pyridine rings is 1. The van der Waals surface area contributed by atoms with Crippen LogP contribution in [0.1, 0.15) is 27.2 Å². The molecule has 3 rings (SSSR count). The quantitative estimate of drug-likeness (QED) is 0.655. The highest BCUT2D eigenvalue weighted by Gasteiger charge is 2.18. The van der Waals surface area contributed by atoms with Crippen LogP contribution in [0.25, 0.3) is 11.0 Å². The van der Waals surface area contributed by atoms with Gasteiger partial charge >= 0.3 is 0 Å². The Hall–Kier alpha value is -3.07. The molecule has 0 amide bonds. The molecule has 2 N–H and O–H groups in total. The molecule has 0 radical (unpaired) electrons. The standard InChI is InChI=1S/C20H22F2N4O3/c1-11(9-20(2,3)28)24-19-23-10-12-7-16(18(27)26(4)17(12)25-19)29-15-6-5-13(21)8-14(15)22/h5-8,10-11,28H,9H2,1-4H3,(H,23,24,25). The van der Waals surface area contributed by atoms with E-state index in [1.165, 1.54) is 23.9 Å². The zero-order valence-electron chi connectivity index (χ0n) is 16.5. The summed E-state index contributed by atoms with van der Waals surface area (Å²) in [6.07, 6.45) is 1.98. The van der Waals surface area contributed by atoms with Gasteiger partial charge < -0.3 is 15.2 Å². The SMILES string of the molecule is CC(CC(C)(C)O)Nc1ncc2cc(Oc3ccc(F)cc3F)c(=O)n(C)c2n1. The second kappa shape index (κ2) is 7.75. The van der Waals surface area contributed by atoms with E-state index in [4.69, 9.17) is 4.74 Å². The second-order valence-electron chi connectivity index (χ2n) is 7.58. The molecular formula is C20H22F2N4O3. The third-order valence-corrected chi connectivity index (χ3v) is 4.21. The van der Waals surface area contributed by atoms with E-state index < -0.39 is 22.8 Å². The van der Waals surface area contributed by atoms with E-state index in [0.29, 0.717) is 29.5 Å². The number of nitrogens with zero attached hydrogens (tertiary/aromatic N) is 3. The molecule has 0 spiro atoms. The van der Waals surface area contributed by atoms with Crippen LogP contribution in [0, 0.1) is 11.6 Å². The molecule has 3 aromatic rings. The first-order chi connectivity index (χ1) is 13.5. The Morgan fingerprint density at radius 3 is 2.66 bits per heavy atom. The summed E-state index contributed by atoms with van der Waals surface area (Å²) in [6, 6.07) is 4.14. The first-order valence-corrected chi connectivity index (χ1v) is 9.02. The van der Waals surface area contributed by atoms with Gasteiger partial charge in [0, 0.05) is 30.7 Å². The number of halogens is 2. The number of aliphatic hydroxyl groups is 1. The number of nitrogens with one attached hydrogen (secondary N) is 1. The van der Waals surface area contributed by atoms with Gasteiger partial charge in [0.2, 0.25) is 5.95 Å². The zero-order chi connectivity index (χ0) is 21.3. The molecule has 7 nitrogen and oxygen atoms in total. The zero-order valence-corrected chi connectivity index (χ0v) is 16.5. The van der Waals surface area contributed by atoms with Crippen molar-refractivity contribution in [3.63, 3.8) is 0 Å². The number of aryl methyl sites for hydroxylation is 1. The van der Waals surface area contributed by atoms with Crippen molar-refractivity contribution < 1.29 is 18.6 Å². The molecule has 2 aromatic heterocycles. The van der Waals surface area contributed by atoms with Crippen LogP contribution in [0.15, 0.2) is 35.3 Å². The van der Waals surface area contributed by atoms with Gasteiger partial charge in [0.25, 0.3) is 5.56 Å². The maximum Gasteiger partial charge on any atom is 0.294 e. The lowest BCUT2D eigenvalue weighted by Gasteiger charge is -2.23. The fraction of sp³-hybridized carbons (Fsp3) is 0.350. The number of rotatable bonds is 6. The lowest BCUT2D eigenvalue weighted by atomic mass is 10.0. The number of hydrogen-bond donors (Lipinski definition) is 2. The van der Waals surface area contributed by atoms with E-state index >= 15 is 0 Å². The number of aromatic nitrogens is 3. The molecule has 0 fully saturated rings. The highest BCUT2D eigenvalue weighted by atomic mass is 19.1. The van der Waals surface area contributed by atoms with Crippen LogP contribution in [-0.2, 0) is 7.05 Å². The molecular weight excluding hydrogens is 382 g/mol. The van der Waals surface area contributed by atoms with Crippen LogP contribution in [-0.4, -0.2) is 31.3 Å². The van der Waals surface area contributed by atoms with E-state index in [9.17, 15) is 18.7 Å². The first kappa shape index (κ1) is 20.7. The van der Waals surface area contributed by atoms with E-state index in [0.717, 1.165) is 12.1 Å². The monoisotopic (exact) mass is 404 g/mol. The van der Waals surface area contributed by atoms with Gasteiger partial charge in [-0.2, -0.15) is 4.98 Å². The summed E-state index contributed by atoms with van der Waals surface area (Å²) < 4.78 is 33.5. The summed E-state index contributed by atoms with van der Waals surface area (Å²) in [5.74, 6) is -1.74. The van der Waals surface area contributed by atoms with Gasteiger partial charge in [-0.25, -0.2) is 13.8 Å². The Labute approximate surface area is 166 Å². The van der Waals surface area contributed by atoms with Crippen molar-refractivity contribution in [2.75, 3.05) is 5.32 Å². The second-order valence-corrected chi connectivity index (χ2v) is 7.58. The minimum atomic E-state index is -0.913.